The summed E-state index contributed by atoms with van der Waals surface area (Å²) in [5, 5.41) is 17.2. The van der Waals surface area contributed by atoms with Crippen molar-refractivity contribution >= 4 is 38.3 Å². The number of phenols is 1. The fraction of sp³-hybridized carbons (Fsp3) is 0.167. The highest BCUT2D eigenvalue weighted by molar-refractivity contribution is 7.22. The van der Waals surface area contributed by atoms with Crippen LogP contribution in [0.3, 0.4) is 0 Å². The molecule has 0 bridgehead atoms. The Bertz CT molecular complexity index is 870. The lowest BCUT2D eigenvalue weighted by molar-refractivity contribution is -0.119. The van der Waals surface area contributed by atoms with Gasteiger partial charge in [0.2, 0.25) is 0 Å². The van der Waals surface area contributed by atoms with E-state index >= 15 is 0 Å². The molecule has 0 spiro atoms. The van der Waals surface area contributed by atoms with Crippen molar-refractivity contribution in [2.75, 3.05) is 11.9 Å². The zero-order chi connectivity index (χ0) is 17.6. The quantitative estimate of drug-likeness (QED) is 0.468. The van der Waals surface area contributed by atoms with Gasteiger partial charge in [-0.15, -0.1) is 0 Å². The first kappa shape index (κ1) is 16.9. The van der Waals surface area contributed by atoms with Crippen LogP contribution in [0, 0.1) is 0 Å². The van der Waals surface area contributed by atoms with E-state index in [0.717, 1.165) is 21.5 Å². The lowest BCUT2D eigenvalue weighted by Gasteiger charge is -2.06. The molecule has 1 heterocycles. The molecule has 0 radical (unpaired) electrons. The number of para-hydroxylation sites is 1. The fourth-order valence-electron chi connectivity index (χ4n) is 2.27. The van der Waals surface area contributed by atoms with Gasteiger partial charge >= 0.3 is 0 Å². The highest BCUT2D eigenvalue weighted by Gasteiger charge is 2.06. The molecule has 1 amide bonds. The number of hydrogen-bond acceptors (Lipinski definition) is 6. The minimum atomic E-state index is -0.246. The number of aromatic nitrogens is 1. The van der Waals surface area contributed by atoms with Crippen molar-refractivity contribution in [2.24, 2.45) is 5.10 Å². The smallest absolute Gasteiger partial charge is 0.259 e. The van der Waals surface area contributed by atoms with E-state index in [1.54, 1.807) is 24.3 Å². The van der Waals surface area contributed by atoms with Gasteiger partial charge < -0.3 is 10.4 Å². The standard InChI is InChI=1S/C18H18N4O2S/c1-2-14(12-7-9-13(23)10-8-12)21-22-17(24)11-19-18-20-15-5-3-4-6-16(15)25-18/h3-10,23H,2,11H2,1H3,(H,19,20)(H,22,24)/b21-14+. The Morgan fingerprint density at radius 1 is 1.20 bits per heavy atom. The normalized spacial score (nSPS) is 11.5. The Hall–Kier alpha value is -2.93. The van der Waals surface area contributed by atoms with Crippen LogP contribution in [0.2, 0.25) is 0 Å². The molecule has 128 valence electrons. The zero-order valence-electron chi connectivity index (χ0n) is 13.7. The molecular formula is C18H18N4O2S. The predicted molar refractivity (Wildman–Crippen MR) is 101 cm³/mol. The second-order valence-corrected chi connectivity index (χ2v) is 6.36. The molecule has 3 N–H and O–H groups in total. The van der Waals surface area contributed by atoms with Gasteiger partial charge in [-0.1, -0.05) is 30.4 Å². The van der Waals surface area contributed by atoms with Gasteiger partial charge in [0.1, 0.15) is 5.75 Å². The van der Waals surface area contributed by atoms with Crippen LogP contribution in [0.5, 0.6) is 5.75 Å². The van der Waals surface area contributed by atoms with Crippen LogP contribution in [-0.4, -0.2) is 28.3 Å². The van der Waals surface area contributed by atoms with Gasteiger partial charge in [-0.3, -0.25) is 4.79 Å². The number of carbonyl (C=O) groups is 1. The van der Waals surface area contributed by atoms with E-state index in [1.807, 2.05) is 31.2 Å². The summed E-state index contributed by atoms with van der Waals surface area (Å²) in [5.74, 6) is -0.0488. The molecule has 0 saturated heterocycles. The highest BCUT2D eigenvalue weighted by Crippen LogP contribution is 2.24. The molecule has 2 aromatic carbocycles. The van der Waals surface area contributed by atoms with Gasteiger partial charge in [0.05, 0.1) is 22.5 Å². The Kier molecular flexibility index (Phi) is 5.25. The summed E-state index contributed by atoms with van der Waals surface area (Å²) >= 11 is 1.50. The number of thiazole rings is 1. The van der Waals surface area contributed by atoms with E-state index in [1.165, 1.54) is 11.3 Å². The SMILES string of the molecule is CC/C(=N\NC(=O)CNc1nc2ccccc2s1)c1ccc(O)cc1. The number of phenolic OH excluding ortho intramolecular Hbond substituents is 1. The number of anilines is 1. The van der Waals surface area contributed by atoms with Gasteiger partial charge in [-0.05, 0) is 48.4 Å². The van der Waals surface area contributed by atoms with Crippen LogP contribution in [0.1, 0.15) is 18.9 Å². The van der Waals surface area contributed by atoms with Crippen LogP contribution in [0.25, 0.3) is 10.2 Å². The monoisotopic (exact) mass is 354 g/mol. The Labute approximate surface area is 149 Å². The number of benzene rings is 2. The predicted octanol–water partition coefficient (Wildman–Crippen LogP) is 3.34. The number of nitrogens with zero attached hydrogens (tertiary/aromatic N) is 2. The summed E-state index contributed by atoms with van der Waals surface area (Å²) < 4.78 is 1.07. The zero-order valence-corrected chi connectivity index (χ0v) is 14.5. The summed E-state index contributed by atoms with van der Waals surface area (Å²) in [5.41, 5.74) is 5.07. The van der Waals surface area contributed by atoms with Crippen molar-refractivity contribution in [3.05, 3.63) is 54.1 Å². The van der Waals surface area contributed by atoms with Gasteiger partial charge in [0, 0.05) is 0 Å². The van der Waals surface area contributed by atoms with Gasteiger partial charge in [-0.25, -0.2) is 10.4 Å². The van der Waals surface area contributed by atoms with Gasteiger partial charge in [0.15, 0.2) is 5.13 Å². The maximum atomic E-state index is 12.0. The van der Waals surface area contributed by atoms with E-state index in [4.69, 9.17) is 0 Å². The van der Waals surface area contributed by atoms with E-state index in [9.17, 15) is 9.90 Å². The molecule has 1 aromatic heterocycles. The molecule has 3 aromatic rings. The maximum Gasteiger partial charge on any atom is 0.259 e. The number of hydrogen-bond donors (Lipinski definition) is 3. The fourth-order valence-corrected chi connectivity index (χ4v) is 3.14. The van der Waals surface area contributed by atoms with E-state index < -0.39 is 0 Å². The summed E-state index contributed by atoms with van der Waals surface area (Å²) in [4.78, 5) is 16.4. The number of carbonyl (C=O) groups excluding carboxylic acids is 1. The third kappa shape index (κ3) is 4.33. The Morgan fingerprint density at radius 3 is 2.68 bits per heavy atom. The van der Waals surface area contributed by atoms with Crippen LogP contribution in [-0.2, 0) is 4.79 Å². The molecule has 0 atom stereocenters. The molecule has 3 rings (SSSR count). The largest absolute Gasteiger partial charge is 0.508 e. The summed E-state index contributed by atoms with van der Waals surface area (Å²) in [6, 6.07) is 14.5. The molecule has 0 aliphatic rings. The summed E-state index contributed by atoms with van der Waals surface area (Å²) in [6.45, 7) is 2.05. The molecule has 25 heavy (non-hydrogen) atoms. The van der Waals surface area contributed by atoms with E-state index in [-0.39, 0.29) is 18.2 Å². The molecule has 0 aliphatic carbocycles. The number of aromatic hydroxyl groups is 1. The van der Waals surface area contributed by atoms with Crippen molar-refractivity contribution in [2.45, 2.75) is 13.3 Å². The molecule has 0 aliphatic heterocycles. The first-order valence-corrected chi connectivity index (χ1v) is 8.71. The third-order valence-electron chi connectivity index (χ3n) is 3.55. The number of amides is 1. The average Bonchev–Trinajstić information content (AvgIpc) is 3.05. The second kappa shape index (κ2) is 7.76. The van der Waals surface area contributed by atoms with Crippen molar-refractivity contribution < 1.29 is 9.90 Å². The summed E-state index contributed by atoms with van der Waals surface area (Å²) in [6.07, 6.45) is 0.663. The van der Waals surface area contributed by atoms with Crippen LogP contribution in [0.15, 0.2) is 53.6 Å². The molecule has 0 fully saturated rings. The lowest BCUT2D eigenvalue weighted by Crippen LogP contribution is -2.27. The Balaban J connectivity index is 1.58. The van der Waals surface area contributed by atoms with Crippen LogP contribution >= 0.6 is 11.3 Å². The van der Waals surface area contributed by atoms with Crippen molar-refractivity contribution in [3.63, 3.8) is 0 Å². The number of hydrazone groups is 1. The molecule has 0 unspecified atom stereocenters. The first-order chi connectivity index (χ1) is 12.2. The van der Waals surface area contributed by atoms with E-state index in [2.05, 4.69) is 20.8 Å². The van der Waals surface area contributed by atoms with Crippen LogP contribution in [0.4, 0.5) is 5.13 Å². The third-order valence-corrected chi connectivity index (χ3v) is 4.54. The maximum absolute atomic E-state index is 12.0. The molecular weight excluding hydrogens is 336 g/mol. The molecule has 0 saturated carbocycles. The van der Waals surface area contributed by atoms with Gasteiger partial charge in [-0.2, -0.15) is 5.10 Å². The average molecular weight is 354 g/mol. The van der Waals surface area contributed by atoms with Gasteiger partial charge in [0.25, 0.3) is 5.91 Å². The lowest BCUT2D eigenvalue weighted by atomic mass is 10.1. The van der Waals surface area contributed by atoms with E-state index in [0.29, 0.717) is 11.6 Å². The summed E-state index contributed by atoms with van der Waals surface area (Å²) in [7, 11) is 0. The number of fused-ring (bicyclic) bond motifs is 1. The molecule has 7 heteroatoms. The Morgan fingerprint density at radius 2 is 1.96 bits per heavy atom. The number of nitrogens with one attached hydrogen (secondary N) is 2. The van der Waals surface area contributed by atoms with Crippen molar-refractivity contribution in [3.8, 4) is 5.75 Å². The topological polar surface area (TPSA) is 86.6 Å². The number of rotatable bonds is 6. The molecule has 6 nitrogen and oxygen atoms in total. The van der Waals surface area contributed by atoms with Crippen molar-refractivity contribution in [1.82, 2.24) is 10.4 Å². The van der Waals surface area contributed by atoms with Crippen LogP contribution < -0.4 is 10.7 Å². The highest BCUT2D eigenvalue weighted by atomic mass is 32.1. The first-order valence-electron chi connectivity index (χ1n) is 7.90. The minimum Gasteiger partial charge on any atom is -0.508 e. The van der Waals surface area contributed by atoms with Crippen molar-refractivity contribution in [1.29, 1.82) is 0 Å². The second-order valence-electron chi connectivity index (χ2n) is 5.33. The minimum absolute atomic E-state index is 0.0931.